The number of benzene rings is 2. The highest BCUT2D eigenvalue weighted by Gasteiger charge is 2.27. The van der Waals surface area contributed by atoms with Gasteiger partial charge in [0.1, 0.15) is 0 Å². The number of nitro benzene ring substituents is 1. The molecule has 0 unspecified atom stereocenters. The third kappa shape index (κ3) is 4.08. The molecule has 4 rings (SSSR count). The predicted octanol–water partition coefficient (Wildman–Crippen LogP) is 2.77. The molecule has 0 N–H and O–H groups in total. The minimum absolute atomic E-state index is 0.0836. The van der Waals surface area contributed by atoms with Crippen molar-refractivity contribution in [1.82, 2.24) is 8.87 Å². The van der Waals surface area contributed by atoms with Crippen LogP contribution < -0.4 is 4.80 Å². The van der Waals surface area contributed by atoms with E-state index in [4.69, 9.17) is 6.42 Å². The van der Waals surface area contributed by atoms with Crippen LogP contribution in [0.4, 0.5) is 5.69 Å². The number of fused-ring (bicyclic) bond motifs is 1. The van der Waals surface area contributed by atoms with Crippen molar-refractivity contribution < 1.29 is 18.1 Å². The lowest BCUT2D eigenvalue weighted by molar-refractivity contribution is -0.384. The Bertz CT molecular complexity index is 1420. The first kappa shape index (κ1) is 21.9. The van der Waals surface area contributed by atoms with Crippen LogP contribution >= 0.6 is 11.3 Å². The number of sulfonamides is 1. The van der Waals surface area contributed by atoms with Crippen LogP contribution in [0.15, 0.2) is 52.4 Å². The molecule has 3 aromatic rings. The number of hydrogen-bond donors (Lipinski definition) is 0. The molecule has 1 aliphatic rings. The number of terminal acetylenes is 1. The van der Waals surface area contributed by atoms with Gasteiger partial charge in [-0.3, -0.25) is 14.9 Å². The van der Waals surface area contributed by atoms with E-state index in [9.17, 15) is 23.3 Å². The summed E-state index contributed by atoms with van der Waals surface area (Å²) in [5.41, 5.74) is 0.649. The van der Waals surface area contributed by atoms with Gasteiger partial charge in [0, 0.05) is 30.8 Å². The number of thiazole rings is 1. The molecule has 1 aliphatic heterocycles. The summed E-state index contributed by atoms with van der Waals surface area (Å²) < 4.78 is 29.0. The van der Waals surface area contributed by atoms with E-state index in [2.05, 4.69) is 10.9 Å². The Morgan fingerprint density at radius 1 is 1.19 bits per heavy atom. The lowest BCUT2D eigenvalue weighted by Gasteiger charge is -2.15. The van der Waals surface area contributed by atoms with Crippen molar-refractivity contribution in [3.63, 3.8) is 0 Å². The second-order valence-corrected chi connectivity index (χ2v) is 10.1. The van der Waals surface area contributed by atoms with Crippen LogP contribution in [0.3, 0.4) is 0 Å². The number of carbonyl (C=O) groups is 1. The standard InChI is InChI=1S/C21H18N4O5S2/c1-2-11-24-18-14-16(25(27)28)7-10-19(18)31-21(24)22-20(26)15-5-8-17(9-6-15)32(29,30)23-12-3-4-13-23/h1,5-10,14H,3-4,11-13H2. The van der Waals surface area contributed by atoms with Crippen molar-refractivity contribution >= 4 is 43.2 Å². The molecular formula is C21H18N4O5S2. The van der Waals surface area contributed by atoms with Crippen molar-refractivity contribution in [2.45, 2.75) is 24.3 Å². The van der Waals surface area contributed by atoms with E-state index in [1.807, 2.05) is 0 Å². The summed E-state index contributed by atoms with van der Waals surface area (Å²) >= 11 is 1.19. The summed E-state index contributed by atoms with van der Waals surface area (Å²) in [6.45, 7) is 1.08. The van der Waals surface area contributed by atoms with E-state index in [1.165, 1.54) is 52.0 Å². The molecule has 0 saturated carbocycles. The molecule has 9 nitrogen and oxygen atoms in total. The number of aromatic nitrogens is 1. The van der Waals surface area contributed by atoms with Crippen LogP contribution in [-0.2, 0) is 16.6 Å². The van der Waals surface area contributed by atoms with Crippen LogP contribution in [0, 0.1) is 22.5 Å². The third-order valence-electron chi connectivity index (χ3n) is 5.13. The van der Waals surface area contributed by atoms with Crippen molar-refractivity contribution in [2.24, 2.45) is 4.99 Å². The summed E-state index contributed by atoms with van der Waals surface area (Å²) in [5.74, 6) is 1.90. The first-order chi connectivity index (χ1) is 15.3. The Hall–Kier alpha value is -3.33. The molecule has 32 heavy (non-hydrogen) atoms. The molecule has 1 fully saturated rings. The van der Waals surface area contributed by atoms with E-state index in [-0.39, 0.29) is 22.7 Å². The van der Waals surface area contributed by atoms with E-state index in [0.717, 1.165) is 12.8 Å². The van der Waals surface area contributed by atoms with Gasteiger partial charge in [-0.15, -0.1) is 6.42 Å². The average Bonchev–Trinajstić information content (AvgIpc) is 3.43. The SMILES string of the molecule is C#CCn1c(=NC(=O)c2ccc(S(=O)(=O)N3CCCC3)cc2)sc2ccc([N+](=O)[O-])cc21. The van der Waals surface area contributed by atoms with Gasteiger partial charge < -0.3 is 4.57 Å². The molecule has 1 amide bonds. The molecule has 164 valence electrons. The fourth-order valence-electron chi connectivity index (χ4n) is 3.50. The first-order valence-corrected chi connectivity index (χ1v) is 12.0. The summed E-state index contributed by atoms with van der Waals surface area (Å²) in [4.78, 5) is 27.9. The predicted molar refractivity (Wildman–Crippen MR) is 120 cm³/mol. The molecular weight excluding hydrogens is 452 g/mol. The maximum atomic E-state index is 12.7. The number of nitro groups is 1. The fraction of sp³-hybridized carbons (Fsp3) is 0.238. The molecule has 2 aromatic carbocycles. The topological polar surface area (TPSA) is 115 Å². The smallest absolute Gasteiger partial charge is 0.279 e. The number of rotatable bonds is 5. The molecule has 0 atom stereocenters. The number of nitrogens with zero attached hydrogens (tertiary/aromatic N) is 4. The second kappa shape index (κ2) is 8.66. The lowest BCUT2D eigenvalue weighted by Crippen LogP contribution is -2.27. The lowest BCUT2D eigenvalue weighted by atomic mass is 10.2. The van der Waals surface area contributed by atoms with Crippen molar-refractivity contribution in [3.8, 4) is 12.3 Å². The number of amides is 1. The van der Waals surface area contributed by atoms with Gasteiger partial charge in [-0.1, -0.05) is 17.3 Å². The van der Waals surface area contributed by atoms with E-state index in [1.54, 1.807) is 10.6 Å². The highest BCUT2D eigenvalue weighted by molar-refractivity contribution is 7.89. The summed E-state index contributed by atoms with van der Waals surface area (Å²) in [6, 6.07) is 10.0. The van der Waals surface area contributed by atoms with Crippen LogP contribution in [-0.4, -0.2) is 41.2 Å². The number of carbonyl (C=O) groups excluding carboxylic acids is 1. The van der Waals surface area contributed by atoms with Gasteiger partial charge in [-0.2, -0.15) is 9.30 Å². The average molecular weight is 471 g/mol. The monoisotopic (exact) mass is 470 g/mol. The van der Waals surface area contributed by atoms with Crippen molar-refractivity contribution in [2.75, 3.05) is 13.1 Å². The molecule has 2 heterocycles. The van der Waals surface area contributed by atoms with Gasteiger partial charge in [0.15, 0.2) is 4.80 Å². The maximum Gasteiger partial charge on any atom is 0.279 e. The first-order valence-electron chi connectivity index (χ1n) is 9.72. The van der Waals surface area contributed by atoms with Crippen molar-refractivity contribution in [3.05, 3.63) is 62.9 Å². The van der Waals surface area contributed by atoms with Gasteiger partial charge in [0.25, 0.3) is 11.6 Å². The highest BCUT2D eigenvalue weighted by Crippen LogP contribution is 2.24. The van der Waals surface area contributed by atoms with Crippen LogP contribution in [0.25, 0.3) is 10.2 Å². The van der Waals surface area contributed by atoms with E-state index < -0.39 is 20.9 Å². The molecule has 0 radical (unpaired) electrons. The van der Waals surface area contributed by atoms with Crippen LogP contribution in [0.2, 0.25) is 0 Å². The Labute approximate surface area is 187 Å². The summed E-state index contributed by atoms with van der Waals surface area (Å²) in [7, 11) is -3.57. The van der Waals surface area contributed by atoms with Gasteiger partial charge in [-0.05, 0) is 43.2 Å². The molecule has 0 aliphatic carbocycles. The zero-order valence-electron chi connectivity index (χ0n) is 16.8. The quantitative estimate of drug-likeness (QED) is 0.323. The minimum Gasteiger partial charge on any atom is -0.304 e. The summed E-state index contributed by atoms with van der Waals surface area (Å²) in [6.07, 6.45) is 7.12. The molecule has 0 bridgehead atoms. The number of non-ortho nitro benzene ring substituents is 1. The highest BCUT2D eigenvalue weighted by atomic mass is 32.2. The molecule has 11 heteroatoms. The molecule has 0 spiro atoms. The Balaban J connectivity index is 1.69. The Kier molecular flexibility index (Phi) is 5.92. The van der Waals surface area contributed by atoms with E-state index >= 15 is 0 Å². The third-order valence-corrected chi connectivity index (χ3v) is 8.10. The van der Waals surface area contributed by atoms with Crippen LogP contribution in [0.5, 0.6) is 0 Å². The Morgan fingerprint density at radius 2 is 1.88 bits per heavy atom. The zero-order valence-corrected chi connectivity index (χ0v) is 18.4. The number of hydrogen-bond acceptors (Lipinski definition) is 6. The van der Waals surface area contributed by atoms with Gasteiger partial charge >= 0.3 is 0 Å². The van der Waals surface area contributed by atoms with Crippen LogP contribution in [0.1, 0.15) is 23.2 Å². The Morgan fingerprint density at radius 3 is 2.50 bits per heavy atom. The largest absolute Gasteiger partial charge is 0.304 e. The van der Waals surface area contributed by atoms with Gasteiger partial charge in [0.2, 0.25) is 10.0 Å². The fourth-order valence-corrected chi connectivity index (χ4v) is 6.02. The summed E-state index contributed by atoms with van der Waals surface area (Å²) in [5, 5.41) is 11.1. The second-order valence-electron chi connectivity index (χ2n) is 7.14. The van der Waals surface area contributed by atoms with Gasteiger partial charge in [-0.25, -0.2) is 8.42 Å². The molecule has 1 saturated heterocycles. The molecule has 1 aromatic heterocycles. The minimum atomic E-state index is -3.57. The van der Waals surface area contributed by atoms with Gasteiger partial charge in [0.05, 0.1) is 26.6 Å². The zero-order chi connectivity index (χ0) is 22.9. The van der Waals surface area contributed by atoms with E-state index in [0.29, 0.717) is 28.1 Å². The normalized spacial score (nSPS) is 15.2. The maximum absolute atomic E-state index is 12.7. The van der Waals surface area contributed by atoms with Crippen molar-refractivity contribution in [1.29, 1.82) is 0 Å².